The highest BCUT2D eigenvalue weighted by atomic mass is 16.5. The van der Waals surface area contributed by atoms with Gasteiger partial charge < -0.3 is 15.4 Å². The predicted molar refractivity (Wildman–Crippen MR) is 93.5 cm³/mol. The molecule has 5 nitrogen and oxygen atoms in total. The molecule has 2 amide bonds. The zero-order chi connectivity index (χ0) is 17.0. The van der Waals surface area contributed by atoms with Gasteiger partial charge in [-0.1, -0.05) is 62.4 Å². The Hall–Kier alpha value is -2.04. The summed E-state index contributed by atoms with van der Waals surface area (Å²) < 4.78 is 5.11. The van der Waals surface area contributed by atoms with E-state index in [0.717, 1.165) is 18.4 Å². The minimum Gasteiger partial charge on any atom is -0.445 e. The van der Waals surface area contributed by atoms with E-state index in [1.165, 1.54) is 32.1 Å². The summed E-state index contributed by atoms with van der Waals surface area (Å²) in [6.45, 7) is 0.535. The van der Waals surface area contributed by atoms with Gasteiger partial charge in [-0.3, -0.25) is 4.79 Å². The van der Waals surface area contributed by atoms with Crippen LogP contribution in [0.5, 0.6) is 0 Å². The predicted octanol–water partition coefficient (Wildman–Crippen LogP) is 3.53. The minimum absolute atomic E-state index is 0.00364. The molecule has 0 radical (unpaired) electrons. The summed E-state index contributed by atoms with van der Waals surface area (Å²) in [5, 5.41) is 5.71. The molecule has 2 N–H and O–H groups in total. The van der Waals surface area contributed by atoms with Crippen LogP contribution in [0.2, 0.25) is 0 Å². The Morgan fingerprint density at radius 3 is 2.38 bits per heavy atom. The van der Waals surface area contributed by atoms with Crippen molar-refractivity contribution in [1.82, 2.24) is 10.6 Å². The van der Waals surface area contributed by atoms with E-state index < -0.39 is 6.09 Å². The van der Waals surface area contributed by atoms with Gasteiger partial charge in [0, 0.05) is 19.0 Å². The van der Waals surface area contributed by atoms with E-state index in [1.54, 1.807) is 0 Å². The number of amides is 2. The number of nitrogens with one attached hydrogen (secondary N) is 2. The van der Waals surface area contributed by atoms with Gasteiger partial charge in [-0.25, -0.2) is 4.79 Å². The van der Waals surface area contributed by atoms with Crippen molar-refractivity contribution in [3.8, 4) is 0 Å². The Balaban J connectivity index is 1.57. The SMILES string of the molecule is O=C(CCNC(=O)OCc1ccccc1)NC1CCCCCCC1. The minimum atomic E-state index is -0.488. The fourth-order valence-corrected chi connectivity index (χ4v) is 2.95. The number of carbonyl (C=O) groups excluding carboxylic acids is 2. The summed E-state index contributed by atoms with van der Waals surface area (Å²) in [4.78, 5) is 23.6. The largest absolute Gasteiger partial charge is 0.445 e. The number of benzene rings is 1. The topological polar surface area (TPSA) is 67.4 Å². The first-order chi connectivity index (χ1) is 11.7. The van der Waals surface area contributed by atoms with Crippen LogP contribution in [0.25, 0.3) is 0 Å². The molecule has 1 saturated carbocycles. The van der Waals surface area contributed by atoms with Crippen LogP contribution in [0.4, 0.5) is 4.79 Å². The van der Waals surface area contributed by atoms with E-state index in [1.807, 2.05) is 30.3 Å². The Morgan fingerprint density at radius 2 is 1.67 bits per heavy atom. The molecule has 0 atom stereocenters. The fraction of sp³-hybridized carbons (Fsp3) is 0.579. The van der Waals surface area contributed by atoms with Crippen molar-refractivity contribution < 1.29 is 14.3 Å². The molecular weight excluding hydrogens is 304 g/mol. The van der Waals surface area contributed by atoms with Crippen LogP contribution in [0.1, 0.15) is 56.9 Å². The molecule has 0 spiro atoms. The maximum atomic E-state index is 12.0. The fourth-order valence-electron chi connectivity index (χ4n) is 2.95. The molecule has 0 saturated heterocycles. The highest BCUT2D eigenvalue weighted by Crippen LogP contribution is 2.17. The number of alkyl carbamates (subject to hydrolysis) is 1. The molecule has 1 aromatic rings. The van der Waals surface area contributed by atoms with Gasteiger partial charge >= 0.3 is 6.09 Å². The third-order valence-corrected chi connectivity index (χ3v) is 4.30. The van der Waals surface area contributed by atoms with E-state index in [4.69, 9.17) is 4.74 Å². The van der Waals surface area contributed by atoms with Crippen LogP contribution in [-0.4, -0.2) is 24.6 Å². The Labute approximate surface area is 144 Å². The molecule has 5 heteroatoms. The quantitative estimate of drug-likeness (QED) is 0.837. The van der Waals surface area contributed by atoms with E-state index in [9.17, 15) is 9.59 Å². The van der Waals surface area contributed by atoms with Gasteiger partial charge in [0.1, 0.15) is 6.61 Å². The summed E-state index contributed by atoms with van der Waals surface area (Å²) >= 11 is 0. The van der Waals surface area contributed by atoms with Crippen LogP contribution >= 0.6 is 0 Å². The molecule has 24 heavy (non-hydrogen) atoms. The molecule has 0 aliphatic heterocycles. The van der Waals surface area contributed by atoms with E-state index in [0.29, 0.717) is 12.6 Å². The summed E-state index contributed by atoms with van der Waals surface area (Å²) in [7, 11) is 0. The van der Waals surface area contributed by atoms with Gasteiger partial charge in [0.15, 0.2) is 0 Å². The Bertz CT molecular complexity index is 497. The third-order valence-electron chi connectivity index (χ3n) is 4.30. The van der Waals surface area contributed by atoms with Crippen LogP contribution in [0.15, 0.2) is 30.3 Å². The van der Waals surface area contributed by atoms with Crippen molar-refractivity contribution in [3.63, 3.8) is 0 Å². The Kier molecular flexibility index (Phi) is 8.15. The maximum Gasteiger partial charge on any atom is 0.407 e. The zero-order valence-electron chi connectivity index (χ0n) is 14.3. The molecule has 1 fully saturated rings. The standard InChI is InChI=1S/C19H28N2O3/c22-18(21-17-11-7-2-1-3-8-12-17)13-14-20-19(23)24-15-16-9-5-4-6-10-16/h4-6,9-10,17H,1-3,7-8,11-15H2,(H,20,23)(H,21,22). The average molecular weight is 332 g/mol. The van der Waals surface area contributed by atoms with E-state index >= 15 is 0 Å². The maximum absolute atomic E-state index is 12.0. The summed E-state index contributed by atoms with van der Waals surface area (Å²) in [6.07, 6.45) is 8.16. The molecule has 132 valence electrons. The summed E-state index contributed by atoms with van der Waals surface area (Å²) in [5.41, 5.74) is 0.940. The summed E-state index contributed by atoms with van der Waals surface area (Å²) in [5.74, 6) is 0.00364. The molecular formula is C19H28N2O3. The van der Waals surface area contributed by atoms with Crippen molar-refractivity contribution >= 4 is 12.0 Å². The lowest BCUT2D eigenvalue weighted by atomic mass is 9.96. The number of hydrogen-bond donors (Lipinski definition) is 2. The van der Waals surface area contributed by atoms with Gasteiger partial charge in [-0.05, 0) is 18.4 Å². The van der Waals surface area contributed by atoms with Gasteiger partial charge in [-0.2, -0.15) is 0 Å². The molecule has 1 aliphatic carbocycles. The summed E-state index contributed by atoms with van der Waals surface area (Å²) in [6, 6.07) is 9.80. The molecule has 1 aliphatic rings. The van der Waals surface area contributed by atoms with Crippen molar-refractivity contribution in [3.05, 3.63) is 35.9 Å². The highest BCUT2D eigenvalue weighted by Gasteiger charge is 2.14. The second-order valence-corrected chi connectivity index (χ2v) is 6.35. The number of hydrogen-bond acceptors (Lipinski definition) is 3. The molecule has 0 aromatic heterocycles. The van der Waals surface area contributed by atoms with Crippen molar-refractivity contribution in [1.29, 1.82) is 0 Å². The van der Waals surface area contributed by atoms with Gasteiger partial charge in [0.25, 0.3) is 0 Å². The van der Waals surface area contributed by atoms with Crippen LogP contribution in [-0.2, 0) is 16.1 Å². The van der Waals surface area contributed by atoms with E-state index in [2.05, 4.69) is 10.6 Å². The first-order valence-corrected chi connectivity index (χ1v) is 8.98. The number of rotatable bonds is 6. The lowest BCUT2D eigenvalue weighted by Gasteiger charge is -2.21. The van der Waals surface area contributed by atoms with Crippen molar-refractivity contribution in [2.45, 2.75) is 64.0 Å². The van der Waals surface area contributed by atoms with Crippen LogP contribution < -0.4 is 10.6 Å². The molecule has 2 rings (SSSR count). The second-order valence-electron chi connectivity index (χ2n) is 6.35. The lowest BCUT2D eigenvalue weighted by Crippen LogP contribution is -2.37. The normalized spacial score (nSPS) is 15.8. The molecule has 1 aromatic carbocycles. The Morgan fingerprint density at radius 1 is 1.00 bits per heavy atom. The third kappa shape index (κ3) is 7.49. The zero-order valence-corrected chi connectivity index (χ0v) is 14.3. The monoisotopic (exact) mass is 332 g/mol. The smallest absolute Gasteiger partial charge is 0.407 e. The van der Waals surface area contributed by atoms with Gasteiger partial charge in [-0.15, -0.1) is 0 Å². The molecule has 0 heterocycles. The average Bonchev–Trinajstić information content (AvgIpc) is 2.56. The van der Waals surface area contributed by atoms with Gasteiger partial charge in [0.2, 0.25) is 5.91 Å². The van der Waals surface area contributed by atoms with Crippen LogP contribution in [0, 0.1) is 0 Å². The molecule has 0 bridgehead atoms. The molecule has 0 unspecified atom stereocenters. The second kappa shape index (κ2) is 10.7. The van der Waals surface area contributed by atoms with Crippen LogP contribution in [0.3, 0.4) is 0 Å². The lowest BCUT2D eigenvalue weighted by molar-refractivity contribution is -0.121. The highest BCUT2D eigenvalue weighted by molar-refractivity contribution is 5.77. The first kappa shape index (κ1) is 18.3. The van der Waals surface area contributed by atoms with Crippen molar-refractivity contribution in [2.24, 2.45) is 0 Å². The first-order valence-electron chi connectivity index (χ1n) is 8.98. The number of ether oxygens (including phenoxy) is 1. The van der Waals surface area contributed by atoms with Gasteiger partial charge in [0.05, 0.1) is 0 Å². The van der Waals surface area contributed by atoms with E-state index in [-0.39, 0.29) is 18.9 Å². The van der Waals surface area contributed by atoms with Crippen molar-refractivity contribution in [2.75, 3.05) is 6.54 Å². The number of carbonyl (C=O) groups is 2.